The van der Waals surface area contributed by atoms with Crippen LogP contribution in [0.15, 0.2) is 12.3 Å². The predicted octanol–water partition coefficient (Wildman–Crippen LogP) is 0.926. The fourth-order valence-electron chi connectivity index (χ4n) is 0.509. The highest BCUT2D eigenvalue weighted by molar-refractivity contribution is 5.08. The first kappa shape index (κ1) is 4.92. The third-order valence-corrected chi connectivity index (χ3v) is 0.878. The number of hydrogen-bond acceptors (Lipinski definition) is 1. The van der Waals surface area contributed by atoms with Crippen molar-refractivity contribution < 1.29 is 0 Å². The minimum atomic E-state index is 0.992. The van der Waals surface area contributed by atoms with Gasteiger partial charge in [-0.1, -0.05) is 0 Å². The van der Waals surface area contributed by atoms with E-state index in [1.807, 2.05) is 19.2 Å². The van der Waals surface area contributed by atoms with E-state index in [9.17, 15) is 0 Å². The summed E-state index contributed by atoms with van der Waals surface area (Å²) in [4.78, 5) is 0. The van der Waals surface area contributed by atoms with E-state index in [1.165, 1.54) is 4.57 Å². The molecule has 2 heteroatoms. The molecule has 1 radical (unpaired) electrons. The highest BCUT2D eigenvalue weighted by Gasteiger charge is 1.86. The average molecular weight is 105 g/mol. The first-order chi connectivity index (χ1) is 3.83. The van der Waals surface area contributed by atoms with Crippen LogP contribution in [-0.2, 0) is 0 Å². The summed E-state index contributed by atoms with van der Waals surface area (Å²) in [6, 6.07) is 1.84. The lowest BCUT2D eigenvalue weighted by molar-refractivity contribution is 1.08. The topological polar surface area (TPSA) is 28.7 Å². The Morgan fingerprint density at radius 1 is 1.88 bits per heavy atom. The van der Waals surface area contributed by atoms with Crippen molar-refractivity contribution in [3.8, 4) is 6.19 Å². The molecule has 0 atom stereocenters. The van der Waals surface area contributed by atoms with Crippen molar-refractivity contribution in [2.24, 2.45) is 0 Å². The van der Waals surface area contributed by atoms with Crippen LogP contribution in [0.5, 0.6) is 0 Å². The summed E-state index contributed by atoms with van der Waals surface area (Å²) in [6.07, 6.45) is 6.37. The predicted molar refractivity (Wildman–Crippen MR) is 29.0 cm³/mol. The summed E-state index contributed by atoms with van der Waals surface area (Å²) in [5.41, 5.74) is 0.992. The van der Waals surface area contributed by atoms with Gasteiger partial charge in [0.1, 0.15) is 0 Å². The molecule has 0 aliphatic carbocycles. The minimum Gasteiger partial charge on any atom is -0.253 e. The summed E-state index contributed by atoms with van der Waals surface area (Å²) < 4.78 is 1.34. The molecule has 0 fully saturated rings. The SMILES string of the molecule is Cc1[c]n(C#N)cc1. The molecule has 0 N–H and O–H groups in total. The smallest absolute Gasteiger partial charge is 0.188 e. The number of aromatic nitrogens is 1. The molecule has 1 heterocycles. The van der Waals surface area contributed by atoms with Crippen LogP contribution in [0, 0.1) is 24.6 Å². The zero-order valence-corrected chi connectivity index (χ0v) is 4.55. The molecule has 0 aromatic carbocycles. The lowest BCUT2D eigenvalue weighted by atomic mass is 10.4. The molecule has 0 aliphatic rings. The number of nitriles is 1. The molecule has 0 aliphatic heterocycles. The summed E-state index contributed by atoms with van der Waals surface area (Å²) >= 11 is 0. The third-order valence-electron chi connectivity index (χ3n) is 0.878. The van der Waals surface area contributed by atoms with E-state index >= 15 is 0 Å². The Kier molecular flexibility index (Phi) is 1.05. The van der Waals surface area contributed by atoms with Crippen molar-refractivity contribution in [1.29, 1.82) is 5.26 Å². The Balaban J connectivity index is 3.05. The number of rotatable bonds is 0. The van der Waals surface area contributed by atoms with Gasteiger partial charge in [0, 0.05) is 6.20 Å². The minimum absolute atomic E-state index is 0.992. The molecule has 0 unspecified atom stereocenters. The van der Waals surface area contributed by atoms with Crippen molar-refractivity contribution in [3.05, 3.63) is 24.0 Å². The molecule has 0 saturated heterocycles. The first-order valence-electron chi connectivity index (χ1n) is 2.30. The number of hydrogen-bond donors (Lipinski definition) is 0. The maximum atomic E-state index is 8.23. The fourth-order valence-corrected chi connectivity index (χ4v) is 0.509. The monoisotopic (exact) mass is 105 g/mol. The maximum absolute atomic E-state index is 8.23. The fraction of sp³-hybridized carbons (Fsp3) is 0.167. The molecule has 0 saturated carbocycles. The van der Waals surface area contributed by atoms with E-state index in [0.29, 0.717) is 0 Å². The quantitative estimate of drug-likeness (QED) is 0.482. The van der Waals surface area contributed by atoms with Crippen LogP contribution < -0.4 is 0 Å². The van der Waals surface area contributed by atoms with Gasteiger partial charge in [0.2, 0.25) is 0 Å². The second-order valence-corrected chi connectivity index (χ2v) is 1.58. The zero-order valence-electron chi connectivity index (χ0n) is 4.55. The molecule has 1 aromatic heterocycles. The van der Waals surface area contributed by atoms with Gasteiger partial charge in [-0.05, 0) is 18.6 Å². The van der Waals surface area contributed by atoms with Crippen molar-refractivity contribution in [3.63, 3.8) is 0 Å². The molecular formula is C6H5N2. The van der Waals surface area contributed by atoms with Crippen LogP contribution in [0.3, 0.4) is 0 Å². The lowest BCUT2D eigenvalue weighted by Crippen LogP contribution is -1.78. The van der Waals surface area contributed by atoms with Crippen molar-refractivity contribution in [2.75, 3.05) is 0 Å². The van der Waals surface area contributed by atoms with Crippen LogP contribution in [0.25, 0.3) is 0 Å². The van der Waals surface area contributed by atoms with E-state index in [0.717, 1.165) is 5.56 Å². The highest BCUT2D eigenvalue weighted by atomic mass is 14.9. The number of aryl methyl sites for hydroxylation is 1. The Labute approximate surface area is 48.0 Å². The van der Waals surface area contributed by atoms with Crippen molar-refractivity contribution >= 4 is 0 Å². The highest BCUT2D eigenvalue weighted by Crippen LogP contribution is 1.93. The van der Waals surface area contributed by atoms with Crippen molar-refractivity contribution in [1.82, 2.24) is 4.57 Å². The van der Waals surface area contributed by atoms with Gasteiger partial charge >= 0.3 is 0 Å². The second-order valence-electron chi connectivity index (χ2n) is 1.58. The van der Waals surface area contributed by atoms with E-state index in [-0.39, 0.29) is 0 Å². The van der Waals surface area contributed by atoms with Crippen LogP contribution in [-0.4, -0.2) is 4.57 Å². The Bertz CT molecular complexity index is 217. The summed E-state index contributed by atoms with van der Waals surface area (Å²) in [6.45, 7) is 1.90. The molecular weight excluding hydrogens is 100 g/mol. The zero-order chi connectivity index (χ0) is 5.98. The van der Waals surface area contributed by atoms with E-state index in [4.69, 9.17) is 5.26 Å². The molecule has 39 valence electrons. The maximum Gasteiger partial charge on any atom is 0.188 e. The Morgan fingerprint density at radius 2 is 2.62 bits per heavy atom. The van der Waals surface area contributed by atoms with Crippen LogP contribution in [0.1, 0.15) is 5.56 Å². The summed E-state index contributed by atoms with van der Waals surface area (Å²) in [5, 5.41) is 8.23. The van der Waals surface area contributed by atoms with Gasteiger partial charge in [0.05, 0.1) is 6.20 Å². The molecule has 0 spiro atoms. The molecule has 1 rings (SSSR count). The summed E-state index contributed by atoms with van der Waals surface area (Å²) in [7, 11) is 0. The van der Waals surface area contributed by atoms with Gasteiger partial charge < -0.3 is 0 Å². The average Bonchev–Trinajstić information content (AvgIpc) is 2.14. The Hall–Kier alpha value is -1.23. The van der Waals surface area contributed by atoms with E-state index in [1.54, 1.807) is 6.20 Å². The molecule has 0 bridgehead atoms. The normalized spacial score (nSPS) is 8.50. The standard InChI is InChI=1S/C6H5N2/c1-6-2-3-8(4-6)5-7/h2-3H,1H3. The second kappa shape index (κ2) is 1.71. The van der Waals surface area contributed by atoms with Gasteiger partial charge in [-0.3, -0.25) is 4.57 Å². The van der Waals surface area contributed by atoms with Gasteiger partial charge in [-0.2, -0.15) is 5.26 Å². The van der Waals surface area contributed by atoms with Gasteiger partial charge in [-0.15, -0.1) is 0 Å². The van der Waals surface area contributed by atoms with Crippen LogP contribution >= 0.6 is 0 Å². The van der Waals surface area contributed by atoms with Crippen LogP contribution in [0.2, 0.25) is 0 Å². The van der Waals surface area contributed by atoms with Crippen molar-refractivity contribution in [2.45, 2.75) is 6.92 Å². The van der Waals surface area contributed by atoms with Crippen LogP contribution in [0.4, 0.5) is 0 Å². The molecule has 2 nitrogen and oxygen atoms in total. The van der Waals surface area contributed by atoms with Gasteiger partial charge in [0.15, 0.2) is 6.19 Å². The lowest BCUT2D eigenvalue weighted by Gasteiger charge is -1.75. The largest absolute Gasteiger partial charge is 0.253 e. The van der Waals surface area contributed by atoms with E-state index in [2.05, 4.69) is 6.20 Å². The van der Waals surface area contributed by atoms with Gasteiger partial charge in [0.25, 0.3) is 0 Å². The summed E-state index contributed by atoms with van der Waals surface area (Å²) in [5.74, 6) is 0. The van der Waals surface area contributed by atoms with Gasteiger partial charge in [-0.25, -0.2) is 0 Å². The number of nitrogens with zero attached hydrogens (tertiary/aromatic N) is 2. The first-order valence-corrected chi connectivity index (χ1v) is 2.30. The molecule has 0 amide bonds. The van der Waals surface area contributed by atoms with E-state index < -0.39 is 0 Å². The molecule has 8 heavy (non-hydrogen) atoms. The Morgan fingerprint density at radius 3 is 2.88 bits per heavy atom. The third kappa shape index (κ3) is 0.710. The molecule has 1 aromatic rings.